The monoisotopic (exact) mass is 439 g/mol. The smallest absolute Gasteiger partial charge is 0.165 e. The molecule has 0 aliphatic carbocycles. The molecule has 1 N–H and O–H groups in total. The normalized spacial score (nSPS) is 14.9. The number of hydrogen-bond acceptors (Lipinski definition) is 8. The predicted molar refractivity (Wildman–Crippen MR) is 121 cm³/mol. The van der Waals surface area contributed by atoms with Crippen molar-refractivity contribution in [3.63, 3.8) is 0 Å². The lowest BCUT2D eigenvalue weighted by Crippen LogP contribution is -2.32. The molecule has 6 rings (SSSR count). The van der Waals surface area contributed by atoms with Gasteiger partial charge in [0.2, 0.25) is 0 Å². The summed E-state index contributed by atoms with van der Waals surface area (Å²) in [6.45, 7) is 4.07. The average Bonchev–Trinajstić information content (AvgIpc) is 3.58. The van der Waals surface area contributed by atoms with Crippen LogP contribution >= 0.6 is 0 Å². The van der Waals surface area contributed by atoms with Gasteiger partial charge in [-0.2, -0.15) is 10.2 Å². The summed E-state index contributed by atoms with van der Waals surface area (Å²) in [4.78, 5) is 16.4. The number of hydrogen-bond donors (Lipinski definition) is 1. The fourth-order valence-corrected chi connectivity index (χ4v) is 4.35. The summed E-state index contributed by atoms with van der Waals surface area (Å²) in [6, 6.07) is 5.69. The summed E-state index contributed by atoms with van der Waals surface area (Å²) in [5.41, 5.74) is 4.08. The van der Waals surface area contributed by atoms with Crippen LogP contribution in [-0.4, -0.2) is 49.7 Å². The molecule has 0 radical (unpaired) electrons. The minimum Gasteiger partial charge on any atom is -0.311 e. The molecule has 11 nitrogen and oxygen atoms in total. The molecule has 0 fully saturated rings. The first kappa shape index (κ1) is 19.3. The van der Waals surface area contributed by atoms with Gasteiger partial charge in [-0.05, 0) is 25.5 Å². The number of rotatable bonds is 4. The van der Waals surface area contributed by atoms with Gasteiger partial charge >= 0.3 is 0 Å². The van der Waals surface area contributed by atoms with Gasteiger partial charge in [0, 0.05) is 19.4 Å². The van der Waals surface area contributed by atoms with Crippen LogP contribution in [0.15, 0.2) is 49.2 Å². The van der Waals surface area contributed by atoms with Gasteiger partial charge in [0.25, 0.3) is 0 Å². The maximum atomic E-state index is 5.04. The Morgan fingerprint density at radius 3 is 2.76 bits per heavy atom. The van der Waals surface area contributed by atoms with E-state index in [2.05, 4.69) is 42.3 Å². The number of H-pyrrole nitrogens is 1. The number of nitrogens with one attached hydrogen (secondary N) is 1. The molecule has 11 heteroatoms. The standard InChI is InChI=1S/C22H21N11/c1-4-17-22-30-28-13(2)32(22)18-11-24-20(27-21(18)33(17)14-9-26-31(3)12-14)15-10-25-29-19(15)16-7-5-6-8-23-16/h5-12,17H,4H2,1-3H3,(H,25,29). The Morgan fingerprint density at radius 2 is 2.00 bits per heavy atom. The maximum absolute atomic E-state index is 5.04. The molecule has 0 amide bonds. The van der Waals surface area contributed by atoms with Crippen LogP contribution < -0.4 is 4.90 Å². The van der Waals surface area contributed by atoms with Gasteiger partial charge in [0.1, 0.15) is 11.5 Å². The van der Waals surface area contributed by atoms with Crippen molar-refractivity contribution in [1.82, 2.24) is 49.7 Å². The molecular formula is C22H21N11. The summed E-state index contributed by atoms with van der Waals surface area (Å²) in [6.07, 6.45) is 9.93. The Balaban J connectivity index is 1.57. The Hall–Kier alpha value is -4.41. The number of nitrogens with zero attached hydrogens (tertiary/aromatic N) is 10. The lowest BCUT2D eigenvalue weighted by atomic mass is 10.1. The fraction of sp³-hybridized carbons (Fsp3) is 0.227. The molecular weight excluding hydrogens is 418 g/mol. The third-order valence-corrected chi connectivity index (χ3v) is 5.84. The highest BCUT2D eigenvalue weighted by atomic mass is 15.4. The van der Waals surface area contributed by atoms with Crippen molar-refractivity contribution >= 4 is 11.5 Å². The van der Waals surface area contributed by atoms with Crippen molar-refractivity contribution in [1.29, 1.82) is 0 Å². The van der Waals surface area contributed by atoms with E-state index in [1.54, 1.807) is 17.1 Å². The van der Waals surface area contributed by atoms with Crippen LogP contribution in [0.1, 0.15) is 31.0 Å². The van der Waals surface area contributed by atoms with E-state index in [4.69, 9.17) is 9.97 Å². The van der Waals surface area contributed by atoms with E-state index >= 15 is 0 Å². The first-order valence-corrected chi connectivity index (χ1v) is 10.7. The zero-order valence-corrected chi connectivity index (χ0v) is 18.4. The molecule has 1 atom stereocenters. The Labute approximate surface area is 189 Å². The summed E-state index contributed by atoms with van der Waals surface area (Å²) in [5, 5.41) is 20.5. The van der Waals surface area contributed by atoms with Crippen molar-refractivity contribution in [2.24, 2.45) is 7.05 Å². The van der Waals surface area contributed by atoms with Crippen molar-refractivity contribution < 1.29 is 0 Å². The van der Waals surface area contributed by atoms with Crippen LogP contribution in [0.2, 0.25) is 0 Å². The number of aromatic nitrogens is 10. The number of aromatic amines is 1. The van der Waals surface area contributed by atoms with Crippen LogP contribution in [0.5, 0.6) is 0 Å². The Morgan fingerprint density at radius 1 is 1.09 bits per heavy atom. The van der Waals surface area contributed by atoms with Crippen LogP contribution in [0.25, 0.3) is 28.5 Å². The molecule has 5 aromatic rings. The van der Waals surface area contributed by atoms with E-state index in [0.29, 0.717) is 5.82 Å². The van der Waals surface area contributed by atoms with Gasteiger partial charge in [-0.1, -0.05) is 13.0 Å². The van der Waals surface area contributed by atoms with Crippen LogP contribution in [0, 0.1) is 6.92 Å². The molecule has 164 valence electrons. The van der Waals surface area contributed by atoms with Gasteiger partial charge in [-0.25, -0.2) is 9.97 Å². The highest BCUT2D eigenvalue weighted by Crippen LogP contribution is 2.44. The Bertz CT molecular complexity index is 1450. The second-order valence-corrected chi connectivity index (χ2v) is 7.88. The molecule has 1 unspecified atom stereocenters. The molecule has 6 heterocycles. The lowest BCUT2D eigenvalue weighted by Gasteiger charge is -2.36. The molecule has 0 aromatic carbocycles. The van der Waals surface area contributed by atoms with Crippen molar-refractivity contribution in [2.45, 2.75) is 26.3 Å². The minimum atomic E-state index is -0.0507. The van der Waals surface area contributed by atoms with E-state index < -0.39 is 0 Å². The first-order valence-electron chi connectivity index (χ1n) is 10.7. The largest absolute Gasteiger partial charge is 0.311 e. The third-order valence-electron chi connectivity index (χ3n) is 5.84. The molecule has 1 aliphatic heterocycles. The number of pyridine rings is 1. The zero-order valence-electron chi connectivity index (χ0n) is 18.4. The summed E-state index contributed by atoms with van der Waals surface area (Å²) in [5.74, 6) is 2.98. The summed E-state index contributed by atoms with van der Waals surface area (Å²) >= 11 is 0. The second kappa shape index (κ2) is 7.33. The molecule has 0 spiro atoms. The molecule has 0 saturated carbocycles. The molecule has 5 aromatic heterocycles. The zero-order chi connectivity index (χ0) is 22.5. The first-order chi connectivity index (χ1) is 16.2. The predicted octanol–water partition coefficient (Wildman–Crippen LogP) is 3.15. The molecule has 33 heavy (non-hydrogen) atoms. The molecule has 0 bridgehead atoms. The highest BCUT2D eigenvalue weighted by Gasteiger charge is 2.36. The molecule has 1 aliphatic rings. The minimum absolute atomic E-state index is 0.0507. The number of anilines is 2. The van der Waals surface area contributed by atoms with E-state index in [1.165, 1.54) is 0 Å². The third kappa shape index (κ3) is 2.93. The molecule has 0 saturated heterocycles. The highest BCUT2D eigenvalue weighted by molar-refractivity contribution is 5.78. The van der Waals surface area contributed by atoms with Crippen molar-refractivity contribution in [2.75, 3.05) is 4.90 Å². The second-order valence-electron chi connectivity index (χ2n) is 7.88. The Kier molecular flexibility index (Phi) is 4.28. The van der Waals surface area contributed by atoms with Crippen molar-refractivity contribution in [3.05, 3.63) is 60.8 Å². The number of aryl methyl sites for hydroxylation is 2. The topological polar surface area (TPSA) is 119 Å². The van der Waals surface area contributed by atoms with Gasteiger partial charge in [0.15, 0.2) is 17.5 Å². The fourth-order valence-electron chi connectivity index (χ4n) is 4.35. The van der Waals surface area contributed by atoms with Crippen LogP contribution in [0.3, 0.4) is 0 Å². The van der Waals surface area contributed by atoms with Crippen molar-refractivity contribution in [3.8, 4) is 28.5 Å². The van der Waals surface area contributed by atoms with E-state index in [0.717, 1.165) is 52.2 Å². The van der Waals surface area contributed by atoms with Gasteiger partial charge in [-0.3, -0.25) is 19.3 Å². The van der Waals surface area contributed by atoms with E-state index in [1.807, 2.05) is 55.3 Å². The average molecular weight is 439 g/mol. The maximum Gasteiger partial charge on any atom is 0.165 e. The van der Waals surface area contributed by atoms with E-state index in [9.17, 15) is 0 Å². The van der Waals surface area contributed by atoms with Gasteiger partial charge in [-0.15, -0.1) is 10.2 Å². The van der Waals surface area contributed by atoms with Crippen LogP contribution in [-0.2, 0) is 7.05 Å². The van der Waals surface area contributed by atoms with E-state index in [-0.39, 0.29) is 6.04 Å². The lowest BCUT2D eigenvalue weighted by molar-refractivity contribution is 0.587. The quantitative estimate of drug-likeness (QED) is 0.454. The van der Waals surface area contributed by atoms with Gasteiger partial charge < -0.3 is 4.90 Å². The van der Waals surface area contributed by atoms with Gasteiger partial charge in [0.05, 0.1) is 47.3 Å². The summed E-state index contributed by atoms with van der Waals surface area (Å²) in [7, 11) is 1.90. The number of fused-ring (bicyclic) bond motifs is 3. The van der Waals surface area contributed by atoms with Crippen LogP contribution in [0.4, 0.5) is 11.5 Å². The summed E-state index contributed by atoms with van der Waals surface area (Å²) < 4.78 is 3.82. The SMILES string of the molecule is CCC1c2nnc(C)n2-c2cnc(-c3cn[nH]c3-c3ccccn3)nc2N1c1cnn(C)c1.